The molecule has 0 bridgehead atoms. The number of carbonyl (C=O) groups is 2. The van der Waals surface area contributed by atoms with E-state index < -0.39 is 0 Å². The lowest BCUT2D eigenvalue weighted by molar-refractivity contribution is -0.120. The molecule has 0 saturated heterocycles. The van der Waals surface area contributed by atoms with E-state index >= 15 is 0 Å². The van der Waals surface area contributed by atoms with Crippen LogP contribution in [0.25, 0.3) is 5.69 Å². The minimum Gasteiger partial charge on any atom is -0.497 e. The third kappa shape index (κ3) is 6.89. The Morgan fingerprint density at radius 2 is 1.78 bits per heavy atom. The number of ether oxygens (including phenoxy) is 1. The van der Waals surface area contributed by atoms with Crippen molar-refractivity contribution in [2.75, 3.05) is 18.2 Å². The molecule has 4 rings (SSSR count). The zero-order chi connectivity index (χ0) is 25.5. The van der Waals surface area contributed by atoms with E-state index in [1.165, 1.54) is 23.1 Å². The highest BCUT2D eigenvalue weighted by molar-refractivity contribution is 9.10. The van der Waals surface area contributed by atoms with E-state index in [0.29, 0.717) is 16.1 Å². The van der Waals surface area contributed by atoms with Crippen LogP contribution in [0, 0.1) is 6.92 Å². The number of methoxy groups -OCH3 is 1. The first-order valence-corrected chi connectivity index (χ1v) is 13.3. The lowest BCUT2D eigenvalue weighted by atomic mass is 10.1. The number of amides is 2. The number of nitrogens with one attached hydrogen (secondary N) is 2. The minimum absolute atomic E-state index is 0.108. The maximum atomic E-state index is 12.6. The Hall–Kier alpha value is -3.29. The molecule has 0 aliphatic heterocycles. The van der Waals surface area contributed by atoms with E-state index in [4.69, 9.17) is 4.74 Å². The second-order valence-electron chi connectivity index (χ2n) is 7.48. The summed E-state index contributed by atoms with van der Waals surface area (Å²) in [5.74, 6) is 1.01. The third-order valence-corrected chi connectivity index (χ3v) is 7.07. The molecule has 0 radical (unpaired) electrons. The first kappa shape index (κ1) is 25.8. The average molecular weight is 589 g/mol. The van der Waals surface area contributed by atoms with Gasteiger partial charge in [0.05, 0.1) is 25.8 Å². The van der Waals surface area contributed by atoms with Crippen molar-refractivity contribution >= 4 is 56.0 Å². The van der Waals surface area contributed by atoms with Gasteiger partial charge in [-0.25, -0.2) is 0 Å². The van der Waals surface area contributed by atoms with Gasteiger partial charge in [-0.3, -0.25) is 19.5 Å². The van der Waals surface area contributed by atoms with Crippen LogP contribution in [-0.2, 0) is 22.6 Å². The van der Waals surface area contributed by atoms with Gasteiger partial charge in [0.2, 0.25) is 16.9 Å². The summed E-state index contributed by atoms with van der Waals surface area (Å²) in [6.45, 7) is 1.99. The predicted molar refractivity (Wildman–Crippen MR) is 142 cm³/mol. The number of rotatable bonds is 10. The number of aryl methyl sites for hydroxylation is 1. The Kier molecular flexibility index (Phi) is 8.67. The van der Waals surface area contributed by atoms with E-state index in [1.807, 2.05) is 60.0 Å². The van der Waals surface area contributed by atoms with Crippen LogP contribution in [0.1, 0.15) is 16.4 Å². The van der Waals surface area contributed by atoms with Gasteiger partial charge in [0.1, 0.15) is 10.8 Å². The van der Waals surface area contributed by atoms with Crippen molar-refractivity contribution in [1.29, 1.82) is 0 Å². The maximum absolute atomic E-state index is 12.6. The Morgan fingerprint density at radius 3 is 2.44 bits per heavy atom. The number of nitrogens with zero attached hydrogens (tertiary/aromatic N) is 5. The average Bonchev–Trinajstić information content (AvgIpc) is 3.48. The Balaban J connectivity index is 1.44. The molecule has 36 heavy (non-hydrogen) atoms. The normalized spacial score (nSPS) is 10.8. The summed E-state index contributed by atoms with van der Waals surface area (Å²) in [7, 11) is 1.60. The molecule has 0 atom stereocenters. The van der Waals surface area contributed by atoms with E-state index in [1.54, 1.807) is 7.11 Å². The molecule has 0 saturated carbocycles. The molecular formula is C23H22BrN7O3S2. The van der Waals surface area contributed by atoms with Crippen LogP contribution in [0.5, 0.6) is 5.75 Å². The van der Waals surface area contributed by atoms with E-state index in [0.717, 1.165) is 26.5 Å². The van der Waals surface area contributed by atoms with Crippen molar-refractivity contribution in [1.82, 2.24) is 30.3 Å². The second kappa shape index (κ2) is 12.1. The van der Waals surface area contributed by atoms with Crippen LogP contribution in [0.2, 0.25) is 0 Å². The SMILES string of the molecule is COc1ccc(CC(=O)NCc2nnc(SCC(=O)Nc3nnc(C)s3)n2-c2ccc(Br)cc2)cc1. The van der Waals surface area contributed by atoms with Crippen LogP contribution < -0.4 is 15.4 Å². The van der Waals surface area contributed by atoms with Crippen molar-refractivity contribution in [3.63, 3.8) is 0 Å². The summed E-state index contributed by atoms with van der Waals surface area (Å²) in [6, 6.07) is 15.0. The molecule has 0 aliphatic carbocycles. The second-order valence-corrected chi connectivity index (χ2v) is 10.5. The van der Waals surface area contributed by atoms with Gasteiger partial charge in [0.25, 0.3) is 0 Å². The van der Waals surface area contributed by atoms with Gasteiger partial charge < -0.3 is 10.1 Å². The standard InChI is InChI=1S/C23H22BrN7O3S2/c1-14-27-29-22(36-14)26-21(33)13-35-23-30-28-19(31(23)17-7-5-16(24)6-8-17)12-25-20(32)11-15-3-9-18(34-2)10-4-15/h3-10H,11-13H2,1-2H3,(H,25,32)(H,26,29,33). The summed E-state index contributed by atoms with van der Waals surface area (Å²) in [4.78, 5) is 25.0. The van der Waals surface area contributed by atoms with Crippen LogP contribution in [-0.4, -0.2) is 49.6 Å². The molecule has 186 valence electrons. The fraction of sp³-hybridized carbons (Fsp3) is 0.217. The summed E-state index contributed by atoms with van der Waals surface area (Å²) in [6.07, 6.45) is 0.225. The molecule has 0 fully saturated rings. The molecule has 0 unspecified atom stereocenters. The van der Waals surface area contributed by atoms with Gasteiger partial charge in [-0.15, -0.1) is 20.4 Å². The smallest absolute Gasteiger partial charge is 0.236 e. The lowest BCUT2D eigenvalue weighted by Crippen LogP contribution is -2.26. The Morgan fingerprint density at radius 1 is 1.03 bits per heavy atom. The van der Waals surface area contributed by atoms with Crippen LogP contribution in [0.3, 0.4) is 0 Å². The highest BCUT2D eigenvalue weighted by Gasteiger charge is 2.17. The molecular weight excluding hydrogens is 566 g/mol. The van der Waals surface area contributed by atoms with Crippen molar-refractivity contribution in [3.05, 3.63) is 69.4 Å². The molecule has 2 N–H and O–H groups in total. The zero-order valence-electron chi connectivity index (χ0n) is 19.4. The van der Waals surface area contributed by atoms with Gasteiger partial charge in [0, 0.05) is 10.2 Å². The molecule has 0 aliphatic rings. The molecule has 2 amide bonds. The van der Waals surface area contributed by atoms with E-state index in [-0.39, 0.29) is 30.5 Å². The van der Waals surface area contributed by atoms with Gasteiger partial charge >= 0.3 is 0 Å². The molecule has 0 spiro atoms. The zero-order valence-corrected chi connectivity index (χ0v) is 22.6. The summed E-state index contributed by atoms with van der Waals surface area (Å²) in [5, 5.41) is 23.7. The number of benzene rings is 2. The van der Waals surface area contributed by atoms with Crippen molar-refractivity contribution in [2.24, 2.45) is 0 Å². The molecule has 13 heteroatoms. The van der Waals surface area contributed by atoms with Gasteiger partial charge in [-0.2, -0.15) is 0 Å². The molecule has 2 heterocycles. The van der Waals surface area contributed by atoms with Crippen LogP contribution >= 0.6 is 39.0 Å². The highest BCUT2D eigenvalue weighted by atomic mass is 79.9. The number of thioether (sulfide) groups is 1. The van der Waals surface area contributed by atoms with Gasteiger partial charge in [-0.05, 0) is 48.9 Å². The summed E-state index contributed by atoms with van der Waals surface area (Å²) < 4.78 is 7.91. The number of anilines is 1. The number of hydrogen-bond donors (Lipinski definition) is 2. The van der Waals surface area contributed by atoms with Crippen molar-refractivity contribution in [3.8, 4) is 11.4 Å². The van der Waals surface area contributed by atoms with Crippen molar-refractivity contribution in [2.45, 2.75) is 25.0 Å². The quantitative estimate of drug-likeness (QED) is 0.268. The lowest BCUT2D eigenvalue weighted by Gasteiger charge is -2.11. The van der Waals surface area contributed by atoms with Crippen LogP contribution in [0.4, 0.5) is 5.13 Å². The highest BCUT2D eigenvalue weighted by Crippen LogP contribution is 2.24. The monoisotopic (exact) mass is 587 g/mol. The fourth-order valence-corrected chi connectivity index (χ4v) is 4.80. The predicted octanol–water partition coefficient (Wildman–Crippen LogP) is 3.79. The molecule has 10 nitrogen and oxygen atoms in total. The minimum atomic E-state index is -0.226. The van der Waals surface area contributed by atoms with Gasteiger partial charge in [-0.1, -0.05) is 51.2 Å². The summed E-state index contributed by atoms with van der Waals surface area (Å²) in [5.41, 5.74) is 1.68. The number of carbonyl (C=O) groups excluding carboxylic acids is 2. The first-order valence-electron chi connectivity index (χ1n) is 10.7. The topological polar surface area (TPSA) is 124 Å². The largest absolute Gasteiger partial charge is 0.497 e. The van der Waals surface area contributed by atoms with Gasteiger partial charge in [0.15, 0.2) is 11.0 Å². The van der Waals surface area contributed by atoms with E-state index in [9.17, 15) is 9.59 Å². The van der Waals surface area contributed by atoms with Crippen LogP contribution in [0.15, 0.2) is 58.2 Å². The number of aromatic nitrogens is 5. The third-order valence-electron chi connectivity index (χ3n) is 4.86. The Bertz CT molecular complexity index is 1340. The molecule has 4 aromatic rings. The fourth-order valence-electron chi connectivity index (χ4n) is 3.16. The maximum Gasteiger partial charge on any atom is 0.236 e. The summed E-state index contributed by atoms with van der Waals surface area (Å²) >= 11 is 5.99. The Labute approximate surface area is 224 Å². The van der Waals surface area contributed by atoms with Crippen molar-refractivity contribution < 1.29 is 14.3 Å². The number of halogens is 1. The first-order chi connectivity index (χ1) is 17.4. The van der Waals surface area contributed by atoms with E-state index in [2.05, 4.69) is 47.0 Å². The number of hydrogen-bond acceptors (Lipinski definition) is 9. The molecule has 2 aromatic heterocycles. The molecule has 2 aromatic carbocycles.